The van der Waals surface area contributed by atoms with Gasteiger partial charge in [-0.15, -0.1) is 5.43 Å². The molecule has 1 aliphatic rings. The molecule has 0 aromatic heterocycles. The molecule has 0 saturated heterocycles. The first-order chi connectivity index (χ1) is 3.84. The second-order valence-electron chi connectivity index (χ2n) is 1.54. The van der Waals surface area contributed by atoms with Crippen LogP contribution in [0.5, 0.6) is 0 Å². The highest BCUT2D eigenvalue weighted by Crippen LogP contribution is 2.04. The van der Waals surface area contributed by atoms with Crippen LogP contribution in [0.2, 0.25) is 0 Å². The molecule has 1 radical (unpaired) electrons. The monoisotopic (exact) mass is 111 g/mol. The molecule has 1 heterocycles. The molecule has 0 N–H and O–H groups in total. The highest BCUT2D eigenvalue weighted by molar-refractivity contribution is 5.79. The highest BCUT2D eigenvalue weighted by atomic mass is 16.5. The molecule has 1 rings (SSSR count). The normalized spacial score (nSPS) is 16.8. The number of nitrogens with zero attached hydrogens (tertiary/aromatic N) is 2. The summed E-state index contributed by atoms with van der Waals surface area (Å²) in [6.45, 7) is 1.90. The molecule has 0 amide bonds. The van der Waals surface area contributed by atoms with Crippen molar-refractivity contribution in [3.63, 3.8) is 0 Å². The van der Waals surface area contributed by atoms with E-state index in [0.717, 1.165) is 5.57 Å². The van der Waals surface area contributed by atoms with E-state index in [0.29, 0.717) is 5.88 Å². The summed E-state index contributed by atoms with van der Waals surface area (Å²) in [6.07, 6.45) is 1.67. The molecular formula is C5H7N2O. The Bertz CT molecular complexity index is 149. The lowest BCUT2D eigenvalue weighted by Crippen LogP contribution is -1.94. The lowest BCUT2D eigenvalue weighted by molar-refractivity contribution is 0.261. The van der Waals surface area contributed by atoms with Gasteiger partial charge in [0.25, 0.3) is 0 Å². The Kier molecular flexibility index (Phi) is 1.20. The van der Waals surface area contributed by atoms with E-state index in [-0.39, 0.29) is 0 Å². The van der Waals surface area contributed by atoms with Crippen molar-refractivity contribution in [3.05, 3.63) is 11.5 Å². The lowest BCUT2D eigenvalue weighted by atomic mass is 10.4. The van der Waals surface area contributed by atoms with Gasteiger partial charge >= 0.3 is 0 Å². The number of rotatable bonds is 1. The molecule has 3 heteroatoms. The molecular weight excluding hydrogens is 104 g/mol. The molecule has 0 saturated carbocycles. The molecule has 3 nitrogen and oxygen atoms in total. The predicted molar refractivity (Wildman–Crippen MR) is 30.3 cm³/mol. The van der Waals surface area contributed by atoms with E-state index >= 15 is 0 Å². The quantitative estimate of drug-likeness (QED) is 0.484. The summed E-state index contributed by atoms with van der Waals surface area (Å²) in [7, 11) is 1.58. The molecule has 0 unspecified atom stereocenters. The van der Waals surface area contributed by atoms with Crippen molar-refractivity contribution in [1.29, 1.82) is 0 Å². The van der Waals surface area contributed by atoms with Gasteiger partial charge < -0.3 is 4.74 Å². The Labute approximate surface area is 48.0 Å². The molecule has 0 aromatic rings. The van der Waals surface area contributed by atoms with Gasteiger partial charge in [0.05, 0.1) is 13.3 Å². The Morgan fingerprint density at radius 2 is 2.38 bits per heavy atom. The van der Waals surface area contributed by atoms with Gasteiger partial charge in [-0.05, 0) is 6.92 Å². The molecule has 0 bridgehead atoms. The van der Waals surface area contributed by atoms with E-state index in [1.54, 1.807) is 13.3 Å². The van der Waals surface area contributed by atoms with E-state index < -0.39 is 0 Å². The van der Waals surface area contributed by atoms with Crippen LogP contribution in [0.15, 0.2) is 16.6 Å². The first-order valence-electron chi connectivity index (χ1n) is 2.33. The largest absolute Gasteiger partial charge is 0.480 e. The number of hydrogen-bond donors (Lipinski definition) is 0. The van der Waals surface area contributed by atoms with E-state index in [9.17, 15) is 0 Å². The van der Waals surface area contributed by atoms with E-state index in [1.165, 1.54) is 0 Å². The predicted octanol–water partition coefficient (Wildman–Crippen LogP) is 0.468. The second-order valence-corrected chi connectivity index (χ2v) is 1.54. The zero-order chi connectivity index (χ0) is 5.98. The molecule has 1 aliphatic heterocycles. The fourth-order valence-corrected chi connectivity index (χ4v) is 0.504. The summed E-state index contributed by atoms with van der Waals surface area (Å²) in [5, 5.41) is 3.62. The van der Waals surface area contributed by atoms with Crippen LogP contribution in [0, 0.1) is 0 Å². The standard InChI is InChI=1S/C5H7N2O/c1-4-3-6-7-5(4)8-2/h3H,1-2H3. The van der Waals surface area contributed by atoms with Crippen molar-refractivity contribution in [2.45, 2.75) is 6.92 Å². The maximum atomic E-state index is 4.81. The molecule has 0 aromatic carbocycles. The van der Waals surface area contributed by atoms with Crippen LogP contribution in [0.1, 0.15) is 6.92 Å². The number of hydrogen-bond acceptors (Lipinski definition) is 2. The van der Waals surface area contributed by atoms with Crippen molar-refractivity contribution < 1.29 is 4.74 Å². The Hall–Kier alpha value is -0.990. The van der Waals surface area contributed by atoms with Crippen LogP contribution in [0.25, 0.3) is 0 Å². The van der Waals surface area contributed by atoms with Gasteiger partial charge in [-0.3, -0.25) is 0 Å². The van der Waals surface area contributed by atoms with Crippen molar-refractivity contribution in [3.8, 4) is 0 Å². The minimum atomic E-state index is 0.616. The number of methoxy groups -OCH3 is 1. The Balaban J connectivity index is 2.68. The van der Waals surface area contributed by atoms with Crippen molar-refractivity contribution in [2.75, 3.05) is 7.11 Å². The van der Waals surface area contributed by atoms with Gasteiger partial charge in [0.15, 0.2) is 0 Å². The first-order valence-corrected chi connectivity index (χ1v) is 2.33. The minimum Gasteiger partial charge on any atom is -0.480 e. The van der Waals surface area contributed by atoms with Gasteiger partial charge in [-0.1, -0.05) is 0 Å². The zero-order valence-electron chi connectivity index (χ0n) is 4.88. The van der Waals surface area contributed by atoms with Gasteiger partial charge in [0, 0.05) is 5.57 Å². The van der Waals surface area contributed by atoms with Gasteiger partial charge in [-0.2, -0.15) is 5.10 Å². The Morgan fingerprint density at radius 1 is 1.62 bits per heavy atom. The van der Waals surface area contributed by atoms with Crippen LogP contribution >= 0.6 is 0 Å². The maximum Gasteiger partial charge on any atom is 0.237 e. The van der Waals surface area contributed by atoms with Crippen LogP contribution in [0.4, 0.5) is 0 Å². The molecule has 0 atom stereocenters. The minimum absolute atomic E-state index is 0.616. The van der Waals surface area contributed by atoms with Crippen molar-refractivity contribution in [2.24, 2.45) is 5.10 Å². The van der Waals surface area contributed by atoms with Crippen LogP contribution in [0.3, 0.4) is 0 Å². The summed E-state index contributed by atoms with van der Waals surface area (Å²) in [6, 6.07) is 0. The second kappa shape index (κ2) is 1.86. The van der Waals surface area contributed by atoms with E-state index in [4.69, 9.17) is 4.74 Å². The Morgan fingerprint density at radius 3 is 2.62 bits per heavy atom. The van der Waals surface area contributed by atoms with Crippen LogP contribution in [-0.2, 0) is 4.74 Å². The highest BCUT2D eigenvalue weighted by Gasteiger charge is 2.05. The maximum absolute atomic E-state index is 4.81. The number of allylic oxidation sites excluding steroid dienone is 1. The van der Waals surface area contributed by atoms with Crippen LogP contribution in [-0.4, -0.2) is 13.3 Å². The summed E-state index contributed by atoms with van der Waals surface area (Å²) >= 11 is 0. The van der Waals surface area contributed by atoms with Crippen molar-refractivity contribution in [1.82, 2.24) is 5.43 Å². The average Bonchev–Trinajstić information content (AvgIpc) is 2.14. The third-order valence-electron chi connectivity index (χ3n) is 0.931. The third kappa shape index (κ3) is 0.665. The molecule has 0 spiro atoms. The topological polar surface area (TPSA) is 35.7 Å². The smallest absolute Gasteiger partial charge is 0.237 e. The summed E-state index contributed by atoms with van der Waals surface area (Å²) in [5.41, 5.74) is 4.64. The SMILES string of the molecule is COC1=C(C)C=N[N]1. The fourth-order valence-electron chi connectivity index (χ4n) is 0.504. The van der Waals surface area contributed by atoms with Crippen LogP contribution < -0.4 is 5.43 Å². The first kappa shape index (κ1) is 5.15. The molecule has 0 fully saturated rings. The van der Waals surface area contributed by atoms with E-state index in [1.807, 2.05) is 6.92 Å². The van der Waals surface area contributed by atoms with Crippen molar-refractivity contribution >= 4 is 6.21 Å². The summed E-state index contributed by atoms with van der Waals surface area (Å²) in [5.74, 6) is 0.616. The third-order valence-corrected chi connectivity index (χ3v) is 0.931. The lowest BCUT2D eigenvalue weighted by Gasteiger charge is -1.95. The number of ether oxygens (including phenoxy) is 1. The summed E-state index contributed by atoms with van der Waals surface area (Å²) in [4.78, 5) is 0. The molecule has 43 valence electrons. The molecule has 8 heavy (non-hydrogen) atoms. The van der Waals surface area contributed by atoms with Gasteiger partial charge in [-0.25, -0.2) is 0 Å². The summed E-state index contributed by atoms with van der Waals surface area (Å²) < 4.78 is 4.81. The molecule has 0 aliphatic carbocycles. The van der Waals surface area contributed by atoms with Gasteiger partial charge in [0.2, 0.25) is 5.88 Å². The fraction of sp³-hybridized carbons (Fsp3) is 0.400. The van der Waals surface area contributed by atoms with E-state index in [2.05, 4.69) is 10.5 Å². The average molecular weight is 111 g/mol. The zero-order valence-corrected chi connectivity index (χ0v) is 4.88. The van der Waals surface area contributed by atoms with Gasteiger partial charge in [0.1, 0.15) is 0 Å².